The number of esters is 1. The van der Waals surface area contributed by atoms with Gasteiger partial charge in [0.2, 0.25) is 0 Å². The highest BCUT2D eigenvalue weighted by Gasteiger charge is 2.05. The molecule has 0 heterocycles. The van der Waals surface area contributed by atoms with Crippen molar-refractivity contribution in [1.29, 1.82) is 0 Å². The summed E-state index contributed by atoms with van der Waals surface area (Å²) in [7, 11) is 0. The molecule has 3 heteroatoms. The third-order valence-electron chi connectivity index (χ3n) is 1.45. The monoisotopic (exact) mass is 172 g/mol. The highest BCUT2D eigenvalue weighted by atomic mass is 16.5. The van der Waals surface area contributed by atoms with Crippen LogP contribution in [0.2, 0.25) is 0 Å². The molecule has 0 aromatic rings. The van der Waals surface area contributed by atoms with Crippen LogP contribution >= 0.6 is 0 Å². The van der Waals surface area contributed by atoms with E-state index in [9.17, 15) is 4.79 Å². The first-order chi connectivity index (χ1) is 5.72. The molecule has 0 aromatic carbocycles. The van der Waals surface area contributed by atoms with Crippen LogP contribution in [0.1, 0.15) is 26.2 Å². The lowest BCUT2D eigenvalue weighted by molar-refractivity contribution is -0.138. The number of carbonyl (C=O) groups is 1. The molecule has 0 aliphatic rings. The number of rotatable bonds is 6. The van der Waals surface area contributed by atoms with Crippen molar-refractivity contribution in [2.45, 2.75) is 26.2 Å². The average molecular weight is 172 g/mol. The van der Waals surface area contributed by atoms with Gasteiger partial charge >= 0.3 is 5.97 Å². The van der Waals surface area contributed by atoms with E-state index in [4.69, 9.17) is 9.84 Å². The lowest BCUT2D eigenvalue weighted by atomic mass is 10.1. The second-order valence-electron chi connectivity index (χ2n) is 2.50. The Morgan fingerprint density at radius 1 is 1.50 bits per heavy atom. The quantitative estimate of drug-likeness (QED) is 0.373. The molecule has 0 fully saturated rings. The summed E-state index contributed by atoms with van der Waals surface area (Å²) in [6.45, 7) is 5.90. The molecule has 0 aliphatic heterocycles. The van der Waals surface area contributed by atoms with Crippen molar-refractivity contribution in [3.63, 3.8) is 0 Å². The van der Waals surface area contributed by atoms with E-state index < -0.39 is 0 Å². The summed E-state index contributed by atoms with van der Waals surface area (Å²) in [4.78, 5) is 11.0. The van der Waals surface area contributed by atoms with Gasteiger partial charge in [-0.2, -0.15) is 0 Å². The number of aliphatic hydroxyl groups excluding tert-OH is 1. The molecule has 0 atom stereocenters. The van der Waals surface area contributed by atoms with Gasteiger partial charge in [-0.3, -0.25) is 0 Å². The van der Waals surface area contributed by atoms with Crippen LogP contribution in [-0.2, 0) is 9.53 Å². The van der Waals surface area contributed by atoms with E-state index in [1.54, 1.807) is 6.92 Å². The molecule has 0 saturated heterocycles. The molecule has 0 aliphatic carbocycles. The zero-order valence-corrected chi connectivity index (χ0v) is 7.51. The highest BCUT2D eigenvalue weighted by molar-refractivity contribution is 5.87. The van der Waals surface area contributed by atoms with Crippen LogP contribution in [0.15, 0.2) is 12.2 Å². The van der Waals surface area contributed by atoms with Crippen LogP contribution in [0.5, 0.6) is 0 Å². The van der Waals surface area contributed by atoms with Crippen LogP contribution in [0.4, 0.5) is 0 Å². The molecule has 0 radical (unpaired) electrons. The minimum atomic E-state index is -0.324. The van der Waals surface area contributed by atoms with Crippen molar-refractivity contribution in [2.75, 3.05) is 13.2 Å². The second kappa shape index (κ2) is 6.85. The SMILES string of the molecule is C=C(CCCCO)C(=O)OCC. The minimum absolute atomic E-state index is 0.163. The van der Waals surface area contributed by atoms with Crippen molar-refractivity contribution in [2.24, 2.45) is 0 Å². The van der Waals surface area contributed by atoms with E-state index in [0.29, 0.717) is 25.0 Å². The Labute approximate surface area is 73.0 Å². The molecule has 12 heavy (non-hydrogen) atoms. The number of aliphatic hydroxyl groups is 1. The second-order valence-corrected chi connectivity index (χ2v) is 2.50. The highest BCUT2D eigenvalue weighted by Crippen LogP contribution is 2.06. The van der Waals surface area contributed by atoms with Gasteiger partial charge in [0.15, 0.2) is 0 Å². The molecule has 0 amide bonds. The Hall–Kier alpha value is -0.830. The summed E-state index contributed by atoms with van der Waals surface area (Å²) in [5.41, 5.74) is 0.491. The van der Waals surface area contributed by atoms with Gasteiger partial charge in [-0.05, 0) is 26.2 Å². The Morgan fingerprint density at radius 3 is 2.67 bits per heavy atom. The minimum Gasteiger partial charge on any atom is -0.463 e. The van der Waals surface area contributed by atoms with E-state index in [2.05, 4.69) is 6.58 Å². The number of ether oxygens (including phenoxy) is 1. The van der Waals surface area contributed by atoms with Gasteiger partial charge in [-0.15, -0.1) is 0 Å². The zero-order valence-electron chi connectivity index (χ0n) is 7.51. The average Bonchev–Trinajstić information content (AvgIpc) is 2.05. The van der Waals surface area contributed by atoms with Gasteiger partial charge in [0.25, 0.3) is 0 Å². The maximum Gasteiger partial charge on any atom is 0.333 e. The molecular weight excluding hydrogens is 156 g/mol. The molecule has 0 aromatic heterocycles. The van der Waals surface area contributed by atoms with E-state index >= 15 is 0 Å². The summed E-state index contributed by atoms with van der Waals surface area (Å²) >= 11 is 0. The summed E-state index contributed by atoms with van der Waals surface area (Å²) in [5, 5.41) is 8.48. The third-order valence-corrected chi connectivity index (χ3v) is 1.45. The topological polar surface area (TPSA) is 46.5 Å². The molecule has 0 rings (SSSR count). The van der Waals surface area contributed by atoms with Crippen molar-refractivity contribution < 1.29 is 14.6 Å². The normalized spacial score (nSPS) is 9.50. The zero-order chi connectivity index (χ0) is 9.40. The van der Waals surface area contributed by atoms with Crippen molar-refractivity contribution in [3.05, 3.63) is 12.2 Å². The maximum absolute atomic E-state index is 11.0. The Kier molecular flexibility index (Phi) is 6.38. The fourth-order valence-corrected chi connectivity index (χ4v) is 0.785. The van der Waals surface area contributed by atoms with Crippen molar-refractivity contribution >= 4 is 5.97 Å². The number of carbonyl (C=O) groups excluding carboxylic acids is 1. The number of hydrogen-bond acceptors (Lipinski definition) is 3. The molecular formula is C9H16O3. The Bertz CT molecular complexity index is 152. The standard InChI is InChI=1S/C9H16O3/c1-3-12-9(11)8(2)6-4-5-7-10/h10H,2-7H2,1H3. The predicted octanol–water partition coefficient (Wildman–Crippen LogP) is 1.27. The van der Waals surface area contributed by atoms with Crippen LogP contribution in [0, 0.1) is 0 Å². The third kappa shape index (κ3) is 4.91. The molecule has 0 spiro atoms. The first-order valence-electron chi connectivity index (χ1n) is 4.18. The lowest BCUT2D eigenvalue weighted by Crippen LogP contribution is -2.06. The summed E-state index contributed by atoms with van der Waals surface area (Å²) in [6, 6.07) is 0. The summed E-state index contributed by atoms with van der Waals surface area (Å²) in [5.74, 6) is -0.324. The maximum atomic E-state index is 11.0. The molecule has 0 unspecified atom stereocenters. The van der Waals surface area contributed by atoms with Crippen LogP contribution in [-0.4, -0.2) is 24.3 Å². The predicted molar refractivity (Wildman–Crippen MR) is 46.7 cm³/mol. The molecule has 3 nitrogen and oxygen atoms in total. The van der Waals surface area contributed by atoms with Crippen LogP contribution in [0.25, 0.3) is 0 Å². The Balaban J connectivity index is 3.50. The van der Waals surface area contributed by atoms with Crippen LogP contribution in [0.3, 0.4) is 0 Å². The summed E-state index contributed by atoms with van der Waals surface area (Å²) in [6.07, 6.45) is 2.10. The molecule has 0 bridgehead atoms. The molecule has 1 N–H and O–H groups in total. The Morgan fingerprint density at radius 2 is 2.17 bits per heavy atom. The van der Waals surface area contributed by atoms with Crippen LogP contribution < -0.4 is 0 Å². The molecule has 0 saturated carbocycles. The van der Waals surface area contributed by atoms with Gasteiger partial charge in [0.1, 0.15) is 0 Å². The van der Waals surface area contributed by atoms with Gasteiger partial charge < -0.3 is 9.84 Å². The van der Waals surface area contributed by atoms with E-state index in [-0.39, 0.29) is 12.6 Å². The van der Waals surface area contributed by atoms with Gasteiger partial charge in [-0.1, -0.05) is 6.58 Å². The van der Waals surface area contributed by atoms with Crippen molar-refractivity contribution in [3.8, 4) is 0 Å². The van der Waals surface area contributed by atoms with Gasteiger partial charge in [0.05, 0.1) is 6.61 Å². The van der Waals surface area contributed by atoms with E-state index in [0.717, 1.165) is 6.42 Å². The first-order valence-corrected chi connectivity index (χ1v) is 4.18. The smallest absolute Gasteiger partial charge is 0.333 e. The fourth-order valence-electron chi connectivity index (χ4n) is 0.785. The van der Waals surface area contributed by atoms with Gasteiger partial charge in [-0.25, -0.2) is 4.79 Å². The number of hydrogen-bond donors (Lipinski definition) is 1. The van der Waals surface area contributed by atoms with Crippen molar-refractivity contribution in [1.82, 2.24) is 0 Å². The largest absolute Gasteiger partial charge is 0.463 e. The fraction of sp³-hybridized carbons (Fsp3) is 0.667. The first kappa shape index (κ1) is 11.2. The molecule has 70 valence electrons. The van der Waals surface area contributed by atoms with E-state index in [1.807, 2.05) is 0 Å². The van der Waals surface area contributed by atoms with E-state index in [1.165, 1.54) is 0 Å². The number of unbranched alkanes of at least 4 members (excludes halogenated alkanes) is 1. The lowest BCUT2D eigenvalue weighted by Gasteiger charge is -2.03. The summed E-state index contributed by atoms with van der Waals surface area (Å²) < 4.78 is 4.73. The van der Waals surface area contributed by atoms with Gasteiger partial charge in [0, 0.05) is 12.2 Å².